The molecule has 0 aliphatic heterocycles. The summed E-state index contributed by atoms with van der Waals surface area (Å²) in [6, 6.07) is 1.81. The van der Waals surface area contributed by atoms with Crippen LogP contribution in [0.5, 0.6) is 5.75 Å². The molecule has 0 fully saturated rings. The largest absolute Gasteiger partial charge is 0.495 e. The van der Waals surface area contributed by atoms with Crippen molar-refractivity contribution in [2.24, 2.45) is 0 Å². The Morgan fingerprint density at radius 1 is 1.31 bits per heavy atom. The van der Waals surface area contributed by atoms with E-state index < -0.39 is 0 Å². The monoisotopic (exact) mass is 176 g/mol. The third-order valence-electron chi connectivity index (χ3n) is 1.66. The molecule has 66 valence electrons. The van der Waals surface area contributed by atoms with Crippen LogP contribution in [-0.2, 0) is 0 Å². The number of anilines is 1. The second-order valence-corrected chi connectivity index (χ2v) is 2.52. The van der Waals surface area contributed by atoms with Gasteiger partial charge in [0.05, 0.1) is 13.3 Å². The average Bonchev–Trinajstić information content (AvgIpc) is 2.17. The molecule has 0 amide bonds. The SMILES string of the molecule is COc1cnc2nc(N)ncc2c1. The molecule has 2 aromatic rings. The summed E-state index contributed by atoms with van der Waals surface area (Å²) in [5.41, 5.74) is 5.98. The van der Waals surface area contributed by atoms with Crippen molar-refractivity contribution >= 4 is 17.0 Å². The Kier molecular flexibility index (Phi) is 1.70. The van der Waals surface area contributed by atoms with Crippen LogP contribution < -0.4 is 10.5 Å². The molecule has 0 spiro atoms. The van der Waals surface area contributed by atoms with E-state index in [1.807, 2.05) is 6.07 Å². The lowest BCUT2D eigenvalue weighted by atomic mass is 10.3. The minimum Gasteiger partial charge on any atom is -0.495 e. The number of hydrogen-bond acceptors (Lipinski definition) is 5. The van der Waals surface area contributed by atoms with Crippen LogP contribution in [0.2, 0.25) is 0 Å². The predicted molar refractivity (Wildman–Crippen MR) is 48.3 cm³/mol. The minimum absolute atomic E-state index is 0.227. The van der Waals surface area contributed by atoms with Gasteiger partial charge in [-0.15, -0.1) is 0 Å². The van der Waals surface area contributed by atoms with Crippen molar-refractivity contribution in [1.29, 1.82) is 0 Å². The van der Waals surface area contributed by atoms with Gasteiger partial charge in [0.2, 0.25) is 5.95 Å². The molecule has 2 aromatic heterocycles. The second-order valence-electron chi connectivity index (χ2n) is 2.52. The molecule has 0 unspecified atom stereocenters. The van der Waals surface area contributed by atoms with Gasteiger partial charge in [-0.25, -0.2) is 9.97 Å². The summed E-state index contributed by atoms with van der Waals surface area (Å²) >= 11 is 0. The van der Waals surface area contributed by atoms with E-state index in [4.69, 9.17) is 10.5 Å². The molecule has 2 N–H and O–H groups in total. The molecule has 0 radical (unpaired) electrons. The second kappa shape index (κ2) is 2.85. The zero-order valence-corrected chi connectivity index (χ0v) is 7.06. The van der Waals surface area contributed by atoms with Crippen LogP contribution in [0.4, 0.5) is 5.95 Å². The van der Waals surface area contributed by atoms with Crippen molar-refractivity contribution in [2.45, 2.75) is 0 Å². The van der Waals surface area contributed by atoms with E-state index in [1.165, 1.54) is 0 Å². The minimum atomic E-state index is 0.227. The van der Waals surface area contributed by atoms with Crippen molar-refractivity contribution in [2.75, 3.05) is 12.8 Å². The number of pyridine rings is 1. The van der Waals surface area contributed by atoms with Gasteiger partial charge in [-0.1, -0.05) is 0 Å². The van der Waals surface area contributed by atoms with Crippen LogP contribution in [-0.4, -0.2) is 22.1 Å². The number of ether oxygens (including phenoxy) is 1. The third kappa shape index (κ3) is 1.35. The summed E-state index contributed by atoms with van der Waals surface area (Å²) in [5.74, 6) is 0.908. The lowest BCUT2D eigenvalue weighted by Crippen LogP contribution is -1.95. The highest BCUT2D eigenvalue weighted by Gasteiger charge is 1.99. The van der Waals surface area contributed by atoms with Crippen LogP contribution in [0.1, 0.15) is 0 Å². The molecule has 0 saturated carbocycles. The van der Waals surface area contributed by atoms with Gasteiger partial charge in [0.1, 0.15) is 5.75 Å². The molecular formula is C8H8N4O. The Morgan fingerprint density at radius 3 is 2.92 bits per heavy atom. The Bertz CT molecular complexity index is 443. The highest BCUT2D eigenvalue weighted by atomic mass is 16.5. The number of fused-ring (bicyclic) bond motifs is 1. The van der Waals surface area contributed by atoms with Gasteiger partial charge in [-0.3, -0.25) is 0 Å². The number of aromatic nitrogens is 3. The van der Waals surface area contributed by atoms with Crippen LogP contribution >= 0.6 is 0 Å². The standard InChI is InChI=1S/C8H8N4O/c1-13-6-2-5-3-11-8(9)12-7(5)10-4-6/h2-4H,1H3,(H2,9,10,11,12). The fourth-order valence-electron chi connectivity index (χ4n) is 1.03. The van der Waals surface area contributed by atoms with Gasteiger partial charge < -0.3 is 10.5 Å². The summed E-state index contributed by atoms with van der Waals surface area (Å²) in [6.45, 7) is 0. The molecule has 0 saturated heterocycles. The first-order valence-electron chi connectivity index (χ1n) is 3.72. The highest BCUT2D eigenvalue weighted by molar-refractivity contribution is 5.75. The molecule has 13 heavy (non-hydrogen) atoms. The van der Waals surface area contributed by atoms with E-state index >= 15 is 0 Å². The van der Waals surface area contributed by atoms with Gasteiger partial charge in [0.15, 0.2) is 5.65 Å². The third-order valence-corrected chi connectivity index (χ3v) is 1.66. The zero-order chi connectivity index (χ0) is 9.26. The topological polar surface area (TPSA) is 73.9 Å². The predicted octanol–water partition coefficient (Wildman–Crippen LogP) is 0.616. The van der Waals surface area contributed by atoms with Gasteiger partial charge in [0, 0.05) is 11.6 Å². The van der Waals surface area contributed by atoms with Crippen molar-refractivity contribution in [3.8, 4) is 5.75 Å². The first kappa shape index (κ1) is 7.72. The Balaban J connectivity index is 2.66. The fraction of sp³-hybridized carbons (Fsp3) is 0.125. The van der Waals surface area contributed by atoms with E-state index in [0.717, 1.165) is 5.39 Å². The van der Waals surface area contributed by atoms with Crippen molar-refractivity contribution in [3.63, 3.8) is 0 Å². The summed E-state index contributed by atoms with van der Waals surface area (Å²) in [6.07, 6.45) is 3.21. The highest BCUT2D eigenvalue weighted by Crippen LogP contribution is 2.15. The molecule has 0 bridgehead atoms. The van der Waals surface area contributed by atoms with E-state index in [1.54, 1.807) is 19.5 Å². The maximum Gasteiger partial charge on any atom is 0.222 e. The molecule has 0 aromatic carbocycles. The van der Waals surface area contributed by atoms with Crippen molar-refractivity contribution < 1.29 is 4.74 Å². The van der Waals surface area contributed by atoms with E-state index in [-0.39, 0.29) is 5.95 Å². The van der Waals surface area contributed by atoms with Crippen LogP contribution in [0, 0.1) is 0 Å². The molecule has 2 heterocycles. The summed E-state index contributed by atoms with van der Waals surface area (Å²) < 4.78 is 5.00. The van der Waals surface area contributed by atoms with Crippen molar-refractivity contribution in [1.82, 2.24) is 15.0 Å². The van der Waals surface area contributed by atoms with Gasteiger partial charge in [-0.05, 0) is 6.07 Å². The van der Waals surface area contributed by atoms with Gasteiger partial charge in [0.25, 0.3) is 0 Å². The number of nitrogens with zero attached hydrogens (tertiary/aromatic N) is 3. The average molecular weight is 176 g/mol. The van der Waals surface area contributed by atoms with Crippen LogP contribution in [0.15, 0.2) is 18.5 Å². The van der Waals surface area contributed by atoms with Crippen LogP contribution in [0.25, 0.3) is 11.0 Å². The first-order chi connectivity index (χ1) is 6.29. The molecule has 5 heteroatoms. The molecule has 2 rings (SSSR count). The molecule has 5 nitrogen and oxygen atoms in total. The molecular weight excluding hydrogens is 168 g/mol. The van der Waals surface area contributed by atoms with Crippen LogP contribution in [0.3, 0.4) is 0 Å². The number of hydrogen-bond donors (Lipinski definition) is 1. The first-order valence-corrected chi connectivity index (χ1v) is 3.72. The van der Waals surface area contributed by atoms with Crippen molar-refractivity contribution in [3.05, 3.63) is 18.5 Å². The maximum absolute atomic E-state index is 5.40. The van der Waals surface area contributed by atoms with E-state index in [0.29, 0.717) is 11.4 Å². The number of methoxy groups -OCH3 is 1. The number of nitrogens with two attached hydrogens (primary N) is 1. The summed E-state index contributed by atoms with van der Waals surface area (Å²) in [5, 5.41) is 0.813. The molecule has 0 atom stereocenters. The maximum atomic E-state index is 5.40. The lowest BCUT2D eigenvalue weighted by molar-refractivity contribution is 0.413. The Hall–Kier alpha value is -1.91. The number of nitrogen functional groups attached to an aromatic ring is 1. The number of rotatable bonds is 1. The normalized spacial score (nSPS) is 10.2. The lowest BCUT2D eigenvalue weighted by Gasteiger charge is -2.00. The summed E-state index contributed by atoms with van der Waals surface area (Å²) in [7, 11) is 1.58. The Morgan fingerprint density at radius 2 is 2.15 bits per heavy atom. The quantitative estimate of drug-likeness (QED) is 0.689. The molecule has 0 aliphatic carbocycles. The van der Waals surface area contributed by atoms with Gasteiger partial charge in [-0.2, -0.15) is 4.98 Å². The zero-order valence-electron chi connectivity index (χ0n) is 7.06. The van der Waals surface area contributed by atoms with E-state index in [2.05, 4.69) is 15.0 Å². The smallest absolute Gasteiger partial charge is 0.222 e. The molecule has 0 aliphatic rings. The van der Waals surface area contributed by atoms with E-state index in [9.17, 15) is 0 Å². The van der Waals surface area contributed by atoms with Gasteiger partial charge >= 0.3 is 0 Å². The fourth-order valence-corrected chi connectivity index (χ4v) is 1.03. The Labute approximate surface area is 74.6 Å². The summed E-state index contributed by atoms with van der Waals surface area (Å²) in [4.78, 5) is 11.9.